The molecule has 0 aliphatic carbocycles. The van der Waals surface area contributed by atoms with Crippen molar-refractivity contribution in [3.05, 3.63) is 22.2 Å². The highest BCUT2D eigenvalue weighted by atomic mass is 79.9. The number of carbonyl (C=O) groups is 1. The van der Waals surface area contributed by atoms with Crippen molar-refractivity contribution in [1.82, 2.24) is 5.32 Å². The Morgan fingerprint density at radius 1 is 1.48 bits per heavy atom. The molecule has 0 unspecified atom stereocenters. The number of hydrogen-bond donors (Lipinski definition) is 1. The number of amides is 1. The van der Waals surface area contributed by atoms with Crippen LogP contribution in [0.4, 0.5) is 0 Å². The van der Waals surface area contributed by atoms with Crippen LogP contribution in [0, 0.1) is 11.3 Å². The van der Waals surface area contributed by atoms with Gasteiger partial charge in [-0.25, -0.2) is 0 Å². The third-order valence-electron chi connectivity index (χ3n) is 2.91. The lowest BCUT2D eigenvalue weighted by atomic mass is 10.1. The molecule has 1 aromatic carbocycles. The van der Waals surface area contributed by atoms with Crippen LogP contribution in [0.3, 0.4) is 0 Å². The first-order chi connectivity index (χ1) is 10.1. The summed E-state index contributed by atoms with van der Waals surface area (Å²) in [5.41, 5.74) is 0.929. The van der Waals surface area contributed by atoms with E-state index in [0.717, 1.165) is 10.0 Å². The number of halogens is 1. The van der Waals surface area contributed by atoms with Gasteiger partial charge < -0.3 is 14.8 Å². The van der Waals surface area contributed by atoms with Crippen LogP contribution >= 0.6 is 27.7 Å². The van der Waals surface area contributed by atoms with Crippen molar-refractivity contribution in [2.24, 2.45) is 0 Å². The predicted molar refractivity (Wildman–Crippen MR) is 84.6 cm³/mol. The topological polar surface area (TPSA) is 71.4 Å². The van der Waals surface area contributed by atoms with Crippen molar-refractivity contribution in [3.8, 4) is 17.6 Å². The molecule has 0 fully saturated rings. The second-order valence-electron chi connectivity index (χ2n) is 4.46. The van der Waals surface area contributed by atoms with E-state index >= 15 is 0 Å². The Hall–Kier alpha value is -1.39. The summed E-state index contributed by atoms with van der Waals surface area (Å²) in [4.78, 5) is 11.8. The molecule has 1 heterocycles. The molecule has 1 amide bonds. The molecule has 1 N–H and O–H groups in total. The van der Waals surface area contributed by atoms with Crippen molar-refractivity contribution in [1.29, 1.82) is 5.26 Å². The highest BCUT2D eigenvalue weighted by molar-refractivity contribution is 9.10. The van der Waals surface area contributed by atoms with Gasteiger partial charge in [-0.3, -0.25) is 4.79 Å². The van der Waals surface area contributed by atoms with Gasteiger partial charge in [0, 0.05) is 4.47 Å². The van der Waals surface area contributed by atoms with Crippen LogP contribution in [-0.4, -0.2) is 30.6 Å². The highest BCUT2D eigenvalue weighted by Crippen LogP contribution is 2.37. The van der Waals surface area contributed by atoms with E-state index in [2.05, 4.69) is 21.2 Å². The molecule has 0 spiro atoms. The van der Waals surface area contributed by atoms with E-state index in [1.807, 2.05) is 25.1 Å². The van der Waals surface area contributed by atoms with Crippen LogP contribution in [0.2, 0.25) is 0 Å². The SMILES string of the molecule is C[C@H](NC(=O)CSCC#N)c1cc2c(cc1Br)OCCO2. The van der Waals surface area contributed by atoms with Crippen LogP contribution in [-0.2, 0) is 4.79 Å². The fourth-order valence-electron chi connectivity index (χ4n) is 1.96. The maximum absolute atomic E-state index is 11.8. The number of fused-ring (bicyclic) bond motifs is 1. The Balaban J connectivity index is 2.03. The van der Waals surface area contributed by atoms with E-state index in [-0.39, 0.29) is 17.7 Å². The summed E-state index contributed by atoms with van der Waals surface area (Å²) in [5, 5.41) is 11.4. The summed E-state index contributed by atoms with van der Waals surface area (Å²) in [6, 6.07) is 5.57. The Morgan fingerprint density at radius 2 is 2.14 bits per heavy atom. The lowest BCUT2D eigenvalue weighted by Gasteiger charge is -2.22. The zero-order valence-electron chi connectivity index (χ0n) is 11.5. The lowest BCUT2D eigenvalue weighted by molar-refractivity contribution is -0.119. The number of ether oxygens (including phenoxy) is 2. The Bertz CT molecular complexity index is 574. The van der Waals surface area contributed by atoms with Gasteiger partial charge in [0.2, 0.25) is 5.91 Å². The van der Waals surface area contributed by atoms with Crippen LogP contribution in [0.15, 0.2) is 16.6 Å². The fraction of sp³-hybridized carbons (Fsp3) is 0.429. The van der Waals surface area contributed by atoms with Gasteiger partial charge in [-0.2, -0.15) is 5.26 Å². The largest absolute Gasteiger partial charge is 0.486 e. The minimum atomic E-state index is -0.162. The third kappa shape index (κ3) is 4.29. The van der Waals surface area contributed by atoms with E-state index in [4.69, 9.17) is 14.7 Å². The molecule has 0 aromatic heterocycles. The van der Waals surface area contributed by atoms with Crippen molar-refractivity contribution in [2.75, 3.05) is 24.7 Å². The third-order valence-corrected chi connectivity index (χ3v) is 4.39. The molecule has 2 rings (SSSR count). The number of benzene rings is 1. The number of thioether (sulfide) groups is 1. The molecule has 5 nitrogen and oxygen atoms in total. The number of nitrogens with zero attached hydrogens (tertiary/aromatic N) is 1. The molecule has 0 saturated heterocycles. The van der Waals surface area contributed by atoms with Gasteiger partial charge in [0.25, 0.3) is 0 Å². The second-order valence-corrected chi connectivity index (χ2v) is 6.30. The molecular formula is C14H15BrN2O3S. The first-order valence-corrected chi connectivity index (χ1v) is 8.39. The number of hydrogen-bond acceptors (Lipinski definition) is 5. The zero-order valence-corrected chi connectivity index (χ0v) is 13.9. The van der Waals surface area contributed by atoms with Gasteiger partial charge in [0.1, 0.15) is 13.2 Å². The molecule has 1 atom stereocenters. The van der Waals surface area contributed by atoms with Gasteiger partial charge in [-0.05, 0) is 24.6 Å². The summed E-state index contributed by atoms with van der Waals surface area (Å²) in [6.07, 6.45) is 0. The van der Waals surface area contributed by atoms with Gasteiger partial charge in [-0.15, -0.1) is 11.8 Å². The number of nitrogens with one attached hydrogen (secondary N) is 1. The second kappa shape index (κ2) is 7.57. The molecule has 1 aliphatic heterocycles. The fourth-order valence-corrected chi connectivity index (χ4v) is 3.09. The van der Waals surface area contributed by atoms with E-state index < -0.39 is 0 Å². The minimum absolute atomic E-state index is 0.0930. The van der Waals surface area contributed by atoms with Crippen molar-refractivity contribution < 1.29 is 14.3 Å². The van der Waals surface area contributed by atoms with Crippen LogP contribution in [0.25, 0.3) is 0 Å². The molecule has 1 aromatic rings. The molecule has 112 valence electrons. The average molecular weight is 371 g/mol. The predicted octanol–water partition coefficient (Wildman–Crippen LogP) is 2.65. The lowest BCUT2D eigenvalue weighted by Crippen LogP contribution is -2.28. The van der Waals surface area contributed by atoms with E-state index in [1.54, 1.807) is 0 Å². The van der Waals surface area contributed by atoms with Crippen molar-refractivity contribution in [2.45, 2.75) is 13.0 Å². The molecule has 21 heavy (non-hydrogen) atoms. The average Bonchev–Trinajstić information content (AvgIpc) is 2.46. The van der Waals surface area contributed by atoms with Gasteiger partial charge in [0.15, 0.2) is 11.5 Å². The van der Waals surface area contributed by atoms with E-state index in [1.165, 1.54) is 11.8 Å². The monoisotopic (exact) mass is 370 g/mol. The molecule has 7 heteroatoms. The van der Waals surface area contributed by atoms with Gasteiger partial charge >= 0.3 is 0 Å². The highest BCUT2D eigenvalue weighted by Gasteiger charge is 2.19. The molecule has 0 saturated carbocycles. The van der Waals surface area contributed by atoms with Gasteiger partial charge in [0.05, 0.1) is 23.6 Å². The summed E-state index contributed by atoms with van der Waals surface area (Å²) in [7, 11) is 0. The van der Waals surface area contributed by atoms with E-state index in [0.29, 0.717) is 30.5 Å². The molecule has 0 bridgehead atoms. The standard InChI is InChI=1S/C14H15BrN2O3S/c1-9(17-14(18)8-21-5-2-16)10-6-12-13(7-11(10)15)20-4-3-19-12/h6-7,9H,3-5,8H2,1H3,(H,17,18)/t9-/m0/s1. The zero-order chi connectivity index (χ0) is 15.2. The first-order valence-electron chi connectivity index (χ1n) is 6.45. The van der Waals surface area contributed by atoms with Crippen molar-refractivity contribution >= 4 is 33.6 Å². The Labute approximate surface area is 136 Å². The number of rotatable bonds is 5. The smallest absolute Gasteiger partial charge is 0.230 e. The summed E-state index contributed by atoms with van der Waals surface area (Å²) in [5.74, 6) is 1.90. The van der Waals surface area contributed by atoms with Crippen LogP contribution < -0.4 is 14.8 Å². The van der Waals surface area contributed by atoms with Gasteiger partial charge in [-0.1, -0.05) is 15.9 Å². The molecule has 1 aliphatic rings. The summed E-state index contributed by atoms with van der Waals surface area (Å²) >= 11 is 4.79. The maximum Gasteiger partial charge on any atom is 0.230 e. The summed E-state index contributed by atoms with van der Waals surface area (Å²) in [6.45, 7) is 2.98. The summed E-state index contributed by atoms with van der Waals surface area (Å²) < 4.78 is 11.9. The molecular weight excluding hydrogens is 356 g/mol. The normalized spacial score (nSPS) is 14.1. The van der Waals surface area contributed by atoms with Crippen LogP contribution in [0.1, 0.15) is 18.5 Å². The van der Waals surface area contributed by atoms with Crippen LogP contribution in [0.5, 0.6) is 11.5 Å². The first kappa shape index (κ1) is 16.0. The maximum atomic E-state index is 11.8. The minimum Gasteiger partial charge on any atom is -0.486 e. The number of nitriles is 1. The number of carbonyl (C=O) groups excluding carboxylic acids is 1. The van der Waals surface area contributed by atoms with E-state index in [9.17, 15) is 4.79 Å². The Kier molecular flexibility index (Phi) is 5.76. The van der Waals surface area contributed by atoms with Crippen molar-refractivity contribution in [3.63, 3.8) is 0 Å². The molecule has 0 radical (unpaired) electrons. The quantitative estimate of drug-likeness (QED) is 0.806. The Morgan fingerprint density at radius 3 is 2.81 bits per heavy atom.